The lowest BCUT2D eigenvalue weighted by atomic mass is 10.1. The molecule has 0 atom stereocenters. The van der Waals surface area contributed by atoms with Crippen LogP contribution in [0.3, 0.4) is 0 Å². The highest BCUT2D eigenvalue weighted by Gasteiger charge is 2.00. The van der Waals surface area contributed by atoms with Crippen LogP contribution in [-0.4, -0.2) is 9.97 Å². The molecule has 2 aromatic carbocycles. The molecule has 0 amide bonds. The maximum atomic E-state index is 5.14. The number of rotatable bonds is 0. The molecule has 2 aromatic heterocycles. The smallest absolute Gasteiger partial charge is 0.181 e. The van der Waals surface area contributed by atoms with Gasteiger partial charge < -0.3 is 8.83 Å². The predicted octanol–water partition coefficient (Wildman–Crippen LogP) is 4.58. The second-order valence-electron chi connectivity index (χ2n) is 5.08. The SMILES string of the molecule is Cc1cc2ncoc2cc1C.Cc1ccc2ncoc2c1. The molecule has 4 aromatic rings. The third kappa shape index (κ3) is 2.79. The zero-order valence-electron chi connectivity index (χ0n) is 12.3. The highest BCUT2D eigenvalue weighted by Crippen LogP contribution is 2.17. The van der Waals surface area contributed by atoms with E-state index in [2.05, 4.69) is 23.8 Å². The minimum absolute atomic E-state index is 0.861. The Morgan fingerprint density at radius 2 is 1.33 bits per heavy atom. The van der Waals surface area contributed by atoms with Crippen LogP contribution in [-0.2, 0) is 0 Å². The molecular weight excluding hydrogens is 264 g/mol. The largest absolute Gasteiger partial charge is 0.443 e. The van der Waals surface area contributed by atoms with Crippen molar-refractivity contribution < 1.29 is 8.83 Å². The van der Waals surface area contributed by atoms with Gasteiger partial charge in [0, 0.05) is 0 Å². The third-order valence-corrected chi connectivity index (χ3v) is 3.43. The van der Waals surface area contributed by atoms with Crippen LogP contribution in [0.15, 0.2) is 52.0 Å². The van der Waals surface area contributed by atoms with Gasteiger partial charge in [-0.3, -0.25) is 0 Å². The molecule has 0 aliphatic rings. The van der Waals surface area contributed by atoms with Crippen molar-refractivity contribution >= 4 is 22.2 Å². The lowest BCUT2D eigenvalue weighted by Gasteiger charge is -1.96. The summed E-state index contributed by atoms with van der Waals surface area (Å²) in [7, 11) is 0. The first kappa shape index (κ1) is 13.4. The molecule has 0 bridgehead atoms. The minimum atomic E-state index is 0.861. The Bertz CT molecular complexity index is 854. The van der Waals surface area contributed by atoms with Crippen molar-refractivity contribution in [3.05, 3.63) is 59.8 Å². The molecule has 0 spiro atoms. The van der Waals surface area contributed by atoms with Gasteiger partial charge in [-0.1, -0.05) is 6.07 Å². The van der Waals surface area contributed by atoms with Crippen molar-refractivity contribution in [1.29, 1.82) is 0 Å². The predicted molar refractivity (Wildman–Crippen MR) is 82.2 cm³/mol. The molecule has 4 heteroatoms. The molecular formula is C17H16N2O2. The van der Waals surface area contributed by atoms with Crippen LogP contribution in [0.4, 0.5) is 0 Å². The first-order chi connectivity index (χ1) is 10.1. The standard InChI is InChI=1S/C9H9NO.C8H7NO/c1-6-3-8-9(4-7(6)2)11-5-10-8;1-6-2-3-7-8(4-6)10-5-9-7/h3-5H,1-2H3;2-5H,1H3. The second kappa shape index (κ2) is 5.40. The molecule has 0 fully saturated rings. The molecule has 4 rings (SSSR count). The molecule has 0 aliphatic heterocycles. The molecule has 4 nitrogen and oxygen atoms in total. The zero-order chi connectivity index (χ0) is 14.8. The van der Waals surface area contributed by atoms with Crippen LogP contribution in [0.1, 0.15) is 16.7 Å². The van der Waals surface area contributed by atoms with Crippen molar-refractivity contribution in [2.45, 2.75) is 20.8 Å². The van der Waals surface area contributed by atoms with Gasteiger partial charge >= 0.3 is 0 Å². The molecule has 21 heavy (non-hydrogen) atoms. The number of hydrogen-bond donors (Lipinski definition) is 0. The number of fused-ring (bicyclic) bond motifs is 2. The second-order valence-corrected chi connectivity index (χ2v) is 5.08. The fraction of sp³-hybridized carbons (Fsp3) is 0.176. The van der Waals surface area contributed by atoms with Gasteiger partial charge in [0.05, 0.1) is 0 Å². The van der Waals surface area contributed by atoms with Crippen molar-refractivity contribution in [2.24, 2.45) is 0 Å². The molecule has 106 valence electrons. The number of aryl methyl sites for hydroxylation is 3. The molecule has 0 radical (unpaired) electrons. The quantitative estimate of drug-likeness (QED) is 0.473. The van der Waals surface area contributed by atoms with E-state index in [9.17, 15) is 0 Å². The summed E-state index contributed by atoms with van der Waals surface area (Å²) in [6.45, 7) is 6.17. The van der Waals surface area contributed by atoms with Gasteiger partial charge in [-0.05, 0) is 61.7 Å². The van der Waals surface area contributed by atoms with E-state index in [0.717, 1.165) is 22.2 Å². The number of benzene rings is 2. The number of oxazole rings is 2. The molecule has 0 aliphatic carbocycles. The summed E-state index contributed by atoms with van der Waals surface area (Å²) in [5.41, 5.74) is 7.29. The summed E-state index contributed by atoms with van der Waals surface area (Å²) in [6, 6.07) is 9.99. The Morgan fingerprint density at radius 3 is 2.10 bits per heavy atom. The summed E-state index contributed by atoms with van der Waals surface area (Å²) in [4.78, 5) is 8.05. The number of nitrogens with zero attached hydrogens (tertiary/aromatic N) is 2. The summed E-state index contributed by atoms with van der Waals surface area (Å²) >= 11 is 0. The minimum Gasteiger partial charge on any atom is -0.443 e. The zero-order valence-corrected chi connectivity index (χ0v) is 12.3. The van der Waals surface area contributed by atoms with E-state index in [1.807, 2.05) is 37.3 Å². The third-order valence-electron chi connectivity index (χ3n) is 3.43. The highest BCUT2D eigenvalue weighted by molar-refractivity contribution is 5.74. The van der Waals surface area contributed by atoms with E-state index in [1.165, 1.54) is 29.5 Å². The Kier molecular flexibility index (Phi) is 3.44. The molecule has 0 saturated carbocycles. The van der Waals surface area contributed by atoms with Crippen LogP contribution < -0.4 is 0 Å². The highest BCUT2D eigenvalue weighted by atomic mass is 16.3. The van der Waals surface area contributed by atoms with Crippen LogP contribution >= 0.6 is 0 Å². The van der Waals surface area contributed by atoms with Gasteiger partial charge in [0.25, 0.3) is 0 Å². The fourth-order valence-electron chi connectivity index (χ4n) is 2.07. The van der Waals surface area contributed by atoms with Gasteiger partial charge in [0.15, 0.2) is 24.0 Å². The topological polar surface area (TPSA) is 52.1 Å². The Hall–Kier alpha value is -2.62. The average molecular weight is 280 g/mol. The number of aromatic nitrogens is 2. The normalized spacial score (nSPS) is 10.6. The van der Waals surface area contributed by atoms with Crippen LogP contribution in [0.2, 0.25) is 0 Å². The van der Waals surface area contributed by atoms with Crippen molar-refractivity contribution in [1.82, 2.24) is 9.97 Å². The summed E-state index contributed by atoms with van der Waals surface area (Å²) in [5.74, 6) is 0. The Labute approximate surface area is 122 Å². The fourth-order valence-corrected chi connectivity index (χ4v) is 2.07. The van der Waals surface area contributed by atoms with Crippen molar-refractivity contribution in [2.75, 3.05) is 0 Å². The van der Waals surface area contributed by atoms with E-state index in [1.54, 1.807) is 0 Å². The lowest BCUT2D eigenvalue weighted by molar-refractivity contribution is 0.601. The number of hydrogen-bond acceptors (Lipinski definition) is 4. The van der Waals surface area contributed by atoms with Crippen LogP contribution in [0, 0.1) is 20.8 Å². The molecule has 0 saturated heterocycles. The maximum absolute atomic E-state index is 5.14. The van der Waals surface area contributed by atoms with E-state index in [4.69, 9.17) is 8.83 Å². The van der Waals surface area contributed by atoms with Crippen molar-refractivity contribution in [3.8, 4) is 0 Å². The maximum Gasteiger partial charge on any atom is 0.181 e. The van der Waals surface area contributed by atoms with E-state index in [0.29, 0.717) is 0 Å². The van der Waals surface area contributed by atoms with Gasteiger partial charge in [-0.25, -0.2) is 9.97 Å². The average Bonchev–Trinajstić information content (AvgIpc) is 3.08. The summed E-state index contributed by atoms with van der Waals surface area (Å²) in [6.07, 6.45) is 2.94. The van der Waals surface area contributed by atoms with Crippen LogP contribution in [0.5, 0.6) is 0 Å². The van der Waals surface area contributed by atoms with E-state index >= 15 is 0 Å². The van der Waals surface area contributed by atoms with E-state index < -0.39 is 0 Å². The molecule has 2 heterocycles. The van der Waals surface area contributed by atoms with E-state index in [-0.39, 0.29) is 0 Å². The van der Waals surface area contributed by atoms with Gasteiger partial charge in [-0.15, -0.1) is 0 Å². The Balaban J connectivity index is 0.000000126. The van der Waals surface area contributed by atoms with Gasteiger partial charge in [0.2, 0.25) is 0 Å². The Morgan fingerprint density at radius 1 is 0.714 bits per heavy atom. The van der Waals surface area contributed by atoms with Gasteiger partial charge in [0.1, 0.15) is 11.0 Å². The lowest BCUT2D eigenvalue weighted by Crippen LogP contribution is -1.79. The summed E-state index contributed by atoms with van der Waals surface area (Å²) < 4.78 is 10.2. The first-order valence-electron chi connectivity index (χ1n) is 6.74. The molecule has 0 unspecified atom stereocenters. The van der Waals surface area contributed by atoms with Gasteiger partial charge in [-0.2, -0.15) is 0 Å². The first-order valence-corrected chi connectivity index (χ1v) is 6.74. The molecule has 0 N–H and O–H groups in total. The monoisotopic (exact) mass is 280 g/mol. The van der Waals surface area contributed by atoms with Crippen LogP contribution in [0.25, 0.3) is 22.2 Å². The van der Waals surface area contributed by atoms with Crippen molar-refractivity contribution in [3.63, 3.8) is 0 Å². The summed E-state index contributed by atoms with van der Waals surface area (Å²) in [5, 5.41) is 0.